The van der Waals surface area contributed by atoms with E-state index in [4.69, 9.17) is 0 Å². The molecular formula is C30H38N6O3. The predicted molar refractivity (Wildman–Crippen MR) is 154 cm³/mol. The lowest BCUT2D eigenvalue weighted by atomic mass is 9.84. The topological polar surface area (TPSA) is 97.4 Å². The molecule has 2 saturated heterocycles. The summed E-state index contributed by atoms with van der Waals surface area (Å²) in [5, 5.41) is 5.55. The Bertz CT molecular complexity index is 1280. The SMILES string of the molecule is CC1=N[C@@H](NC(=O)Nc2cccc(N(C)C)c2)C(=O)N(CC(=O)N2CC3CCC(CC3)C2)c2c(C)cccc21. The van der Waals surface area contributed by atoms with Crippen LogP contribution >= 0.6 is 0 Å². The third kappa shape index (κ3) is 5.77. The lowest BCUT2D eigenvalue weighted by molar-refractivity contribution is -0.132. The first-order valence-corrected chi connectivity index (χ1v) is 13.8. The van der Waals surface area contributed by atoms with Gasteiger partial charge in [-0.25, -0.2) is 4.79 Å². The highest BCUT2D eigenvalue weighted by molar-refractivity contribution is 6.14. The van der Waals surface area contributed by atoms with Gasteiger partial charge in [0.1, 0.15) is 6.54 Å². The van der Waals surface area contributed by atoms with Crippen LogP contribution in [0.5, 0.6) is 0 Å². The zero-order valence-electron chi connectivity index (χ0n) is 23.2. The minimum Gasteiger partial charge on any atom is -0.378 e. The molecule has 4 aliphatic rings. The summed E-state index contributed by atoms with van der Waals surface area (Å²) < 4.78 is 0. The van der Waals surface area contributed by atoms with Gasteiger partial charge in [-0.05, 0) is 75.1 Å². The fourth-order valence-electron chi connectivity index (χ4n) is 6.02. The van der Waals surface area contributed by atoms with E-state index in [0.717, 1.165) is 29.9 Å². The highest BCUT2D eigenvalue weighted by atomic mass is 16.2. The second-order valence-corrected chi connectivity index (χ2v) is 11.2. The molecule has 1 atom stereocenters. The van der Waals surface area contributed by atoms with Gasteiger partial charge in [-0.3, -0.25) is 19.5 Å². The molecule has 0 unspecified atom stereocenters. The maximum atomic E-state index is 14.0. The number of hydrogen-bond donors (Lipinski definition) is 2. The molecule has 3 fully saturated rings. The highest BCUT2D eigenvalue weighted by Gasteiger charge is 2.37. The van der Waals surface area contributed by atoms with Crippen LogP contribution in [0.1, 0.15) is 43.7 Å². The molecular weight excluding hydrogens is 492 g/mol. The first kappa shape index (κ1) is 26.7. The number of nitrogens with one attached hydrogen (secondary N) is 2. The number of carbonyl (C=O) groups is 3. The summed E-state index contributed by atoms with van der Waals surface area (Å²) in [6, 6.07) is 12.6. The van der Waals surface area contributed by atoms with Crippen molar-refractivity contribution >= 4 is 40.6 Å². The van der Waals surface area contributed by atoms with Crippen LogP contribution in [-0.2, 0) is 9.59 Å². The van der Waals surface area contributed by atoms with Gasteiger partial charge in [0.2, 0.25) is 12.1 Å². The molecule has 1 aliphatic carbocycles. The van der Waals surface area contributed by atoms with E-state index in [0.29, 0.717) is 28.9 Å². The second-order valence-electron chi connectivity index (χ2n) is 11.2. The van der Waals surface area contributed by atoms with Crippen LogP contribution in [-0.4, -0.2) is 68.4 Å². The number of rotatable bonds is 5. The van der Waals surface area contributed by atoms with Crippen molar-refractivity contribution in [3.05, 3.63) is 53.6 Å². The van der Waals surface area contributed by atoms with E-state index in [2.05, 4.69) is 15.6 Å². The molecule has 0 aromatic heterocycles. The number of amides is 4. The van der Waals surface area contributed by atoms with E-state index in [1.807, 2.05) is 74.1 Å². The maximum Gasteiger partial charge on any atom is 0.321 e. The van der Waals surface area contributed by atoms with Crippen LogP contribution < -0.4 is 20.4 Å². The summed E-state index contributed by atoms with van der Waals surface area (Å²) in [7, 11) is 3.85. The number of nitrogens with zero attached hydrogens (tertiary/aromatic N) is 4. The number of fused-ring (bicyclic) bond motifs is 5. The Balaban J connectivity index is 1.39. The molecule has 2 aromatic carbocycles. The van der Waals surface area contributed by atoms with E-state index in [9.17, 15) is 14.4 Å². The van der Waals surface area contributed by atoms with Crippen molar-refractivity contribution in [3.8, 4) is 0 Å². The molecule has 6 rings (SSSR count). The monoisotopic (exact) mass is 530 g/mol. The van der Waals surface area contributed by atoms with Crippen molar-refractivity contribution < 1.29 is 14.4 Å². The van der Waals surface area contributed by atoms with Gasteiger partial charge in [-0.15, -0.1) is 0 Å². The second kappa shape index (κ2) is 11.1. The van der Waals surface area contributed by atoms with Gasteiger partial charge in [-0.1, -0.05) is 24.3 Å². The molecule has 2 N–H and O–H groups in total. The number of benzene rings is 2. The van der Waals surface area contributed by atoms with Gasteiger partial charge in [-0.2, -0.15) is 0 Å². The lowest BCUT2D eigenvalue weighted by Crippen LogP contribution is -2.52. The summed E-state index contributed by atoms with van der Waals surface area (Å²) in [6.45, 7) is 5.19. The first-order chi connectivity index (χ1) is 18.7. The Morgan fingerprint density at radius 2 is 1.67 bits per heavy atom. The third-order valence-corrected chi connectivity index (χ3v) is 8.18. The van der Waals surface area contributed by atoms with Crippen molar-refractivity contribution in [2.75, 3.05) is 48.8 Å². The number of para-hydroxylation sites is 1. The van der Waals surface area contributed by atoms with Crippen LogP contribution in [0, 0.1) is 18.8 Å². The van der Waals surface area contributed by atoms with Crippen LogP contribution in [0.15, 0.2) is 47.5 Å². The predicted octanol–water partition coefficient (Wildman–Crippen LogP) is 4.01. The van der Waals surface area contributed by atoms with E-state index in [1.165, 1.54) is 30.6 Å². The van der Waals surface area contributed by atoms with Gasteiger partial charge in [0.05, 0.1) is 5.69 Å². The summed E-state index contributed by atoms with van der Waals surface area (Å²) in [4.78, 5) is 50.6. The molecule has 3 aliphatic heterocycles. The fraction of sp³-hybridized carbons (Fsp3) is 0.467. The van der Waals surface area contributed by atoms with Gasteiger partial charge < -0.3 is 20.4 Å². The van der Waals surface area contributed by atoms with Crippen molar-refractivity contribution in [1.82, 2.24) is 10.2 Å². The molecule has 1 saturated carbocycles. The molecule has 2 bridgehead atoms. The molecule has 2 aromatic rings. The summed E-state index contributed by atoms with van der Waals surface area (Å²) in [6.07, 6.45) is 3.52. The van der Waals surface area contributed by atoms with Gasteiger partial charge >= 0.3 is 6.03 Å². The quantitative estimate of drug-likeness (QED) is 0.610. The maximum absolute atomic E-state index is 14.0. The number of carbonyl (C=O) groups excluding carboxylic acids is 3. The minimum atomic E-state index is -1.16. The van der Waals surface area contributed by atoms with Crippen LogP contribution in [0.2, 0.25) is 0 Å². The Morgan fingerprint density at radius 3 is 2.33 bits per heavy atom. The van der Waals surface area contributed by atoms with Crippen LogP contribution in [0.4, 0.5) is 21.9 Å². The molecule has 206 valence electrons. The Labute approximate surface area is 230 Å². The van der Waals surface area contributed by atoms with Crippen LogP contribution in [0.3, 0.4) is 0 Å². The Kier molecular flexibility index (Phi) is 7.59. The zero-order chi connectivity index (χ0) is 27.7. The van der Waals surface area contributed by atoms with E-state index in [1.54, 1.807) is 6.07 Å². The molecule has 0 spiro atoms. The van der Waals surface area contributed by atoms with Crippen molar-refractivity contribution in [3.63, 3.8) is 0 Å². The van der Waals surface area contributed by atoms with Crippen molar-refractivity contribution in [2.24, 2.45) is 16.8 Å². The van der Waals surface area contributed by atoms with Crippen molar-refractivity contribution in [2.45, 2.75) is 45.7 Å². The molecule has 0 radical (unpaired) electrons. The molecule has 3 heterocycles. The standard InChI is InChI=1S/C30H38N6O3/c1-19-7-5-10-25-20(2)31-28(33-30(39)32-23-8-6-9-24(15-23)34(3)4)29(38)36(27(19)25)18-26(37)35-16-21-11-12-22(17-35)14-13-21/h5-10,15,21-22,28H,11-14,16-18H2,1-4H3,(H2,32,33,39)/t21?,22?,28-/m0/s1. The van der Waals surface area contributed by atoms with Crippen LogP contribution in [0.25, 0.3) is 0 Å². The lowest BCUT2D eigenvalue weighted by Gasteiger charge is -2.30. The zero-order valence-corrected chi connectivity index (χ0v) is 23.2. The number of urea groups is 1. The summed E-state index contributed by atoms with van der Waals surface area (Å²) in [5.74, 6) is 0.595. The number of anilines is 3. The number of aliphatic imine (C=N–C) groups is 1. The van der Waals surface area contributed by atoms with Gasteiger partial charge in [0, 0.05) is 49.8 Å². The Hall–Kier alpha value is -3.88. The minimum absolute atomic E-state index is 0.0559. The summed E-state index contributed by atoms with van der Waals surface area (Å²) >= 11 is 0. The highest BCUT2D eigenvalue weighted by Crippen LogP contribution is 2.35. The smallest absolute Gasteiger partial charge is 0.321 e. The summed E-state index contributed by atoms with van der Waals surface area (Å²) in [5.41, 5.74) is 4.51. The average Bonchev–Trinajstić information content (AvgIpc) is 3.29. The van der Waals surface area contributed by atoms with E-state index >= 15 is 0 Å². The normalized spacial score (nSPS) is 22.4. The fourth-order valence-corrected chi connectivity index (χ4v) is 6.02. The van der Waals surface area contributed by atoms with Crippen molar-refractivity contribution in [1.29, 1.82) is 0 Å². The van der Waals surface area contributed by atoms with E-state index < -0.39 is 18.1 Å². The van der Waals surface area contributed by atoms with Gasteiger partial charge in [0.25, 0.3) is 5.91 Å². The number of benzodiazepines with no additional fused rings is 1. The molecule has 9 nitrogen and oxygen atoms in total. The molecule has 39 heavy (non-hydrogen) atoms. The average molecular weight is 531 g/mol. The van der Waals surface area contributed by atoms with Gasteiger partial charge in [0.15, 0.2) is 0 Å². The first-order valence-electron chi connectivity index (χ1n) is 13.8. The third-order valence-electron chi connectivity index (χ3n) is 8.18. The molecule has 4 amide bonds. The largest absolute Gasteiger partial charge is 0.378 e. The number of aryl methyl sites for hydroxylation is 1. The van der Waals surface area contributed by atoms with E-state index in [-0.39, 0.29) is 12.5 Å². The molecule has 9 heteroatoms. The Morgan fingerprint density at radius 1 is 1.00 bits per heavy atom. The number of hydrogen-bond acceptors (Lipinski definition) is 5.